The van der Waals surface area contributed by atoms with E-state index >= 15 is 0 Å². The molecule has 1 N–H and O–H groups in total. The fraction of sp³-hybridized carbons (Fsp3) is 0.533. The van der Waals surface area contributed by atoms with Gasteiger partial charge in [0.05, 0.1) is 5.56 Å². The Morgan fingerprint density at radius 3 is 2.48 bits per heavy atom. The number of rotatable bonds is 3. The Labute approximate surface area is 122 Å². The fourth-order valence-corrected chi connectivity index (χ4v) is 2.54. The molecule has 0 aliphatic carbocycles. The zero-order valence-corrected chi connectivity index (χ0v) is 12.1. The van der Waals surface area contributed by atoms with E-state index in [1.54, 1.807) is 17.9 Å². The number of likely N-dealkylation sites (tertiary alicyclic amines) is 1. The van der Waals surface area contributed by atoms with Gasteiger partial charge < -0.3 is 10.2 Å². The average molecular weight is 300 g/mol. The number of carbonyl (C=O) groups is 1. The van der Waals surface area contributed by atoms with Crippen molar-refractivity contribution in [3.63, 3.8) is 0 Å². The molecule has 0 bridgehead atoms. The molecule has 0 aromatic heterocycles. The Bertz CT molecular complexity index is 522. The van der Waals surface area contributed by atoms with Crippen molar-refractivity contribution in [2.75, 3.05) is 18.4 Å². The summed E-state index contributed by atoms with van der Waals surface area (Å²) in [5.74, 6) is -0.0679. The van der Waals surface area contributed by atoms with Gasteiger partial charge in [-0.05, 0) is 44.4 Å². The number of hydrogen-bond donors (Lipinski definition) is 1. The molecule has 0 spiro atoms. The van der Waals surface area contributed by atoms with Crippen LogP contribution in [0.25, 0.3) is 0 Å². The first-order valence-electron chi connectivity index (χ1n) is 7.02. The second kappa shape index (κ2) is 5.95. The minimum atomic E-state index is -4.38. The standard InChI is InChI=1S/C15H19F3N2O/c1-10-5-6-12(9-13(10)15(16,17)18)19-11(2)14(21)20-7-3-4-8-20/h5-6,9,11,19H,3-4,7-8H2,1-2H3. The van der Waals surface area contributed by atoms with Crippen LogP contribution in [0.5, 0.6) is 0 Å². The SMILES string of the molecule is Cc1ccc(NC(C)C(=O)N2CCCC2)cc1C(F)(F)F. The van der Waals surface area contributed by atoms with Gasteiger partial charge in [0, 0.05) is 18.8 Å². The van der Waals surface area contributed by atoms with Crippen LogP contribution in [0.2, 0.25) is 0 Å². The topological polar surface area (TPSA) is 32.3 Å². The zero-order chi connectivity index (χ0) is 15.6. The average Bonchev–Trinajstić information content (AvgIpc) is 2.92. The number of halogens is 3. The molecule has 0 radical (unpaired) electrons. The molecule has 1 unspecified atom stereocenters. The molecular formula is C15H19F3N2O. The number of benzene rings is 1. The highest BCUT2D eigenvalue weighted by molar-refractivity contribution is 5.84. The molecule has 2 rings (SSSR count). The molecule has 6 heteroatoms. The lowest BCUT2D eigenvalue weighted by Crippen LogP contribution is -2.39. The number of aryl methyl sites for hydroxylation is 1. The molecular weight excluding hydrogens is 281 g/mol. The number of alkyl halides is 3. The Balaban J connectivity index is 2.10. The monoisotopic (exact) mass is 300 g/mol. The Kier molecular flexibility index (Phi) is 4.44. The van der Waals surface area contributed by atoms with E-state index in [-0.39, 0.29) is 11.5 Å². The van der Waals surface area contributed by atoms with Gasteiger partial charge in [-0.25, -0.2) is 0 Å². The van der Waals surface area contributed by atoms with Crippen molar-refractivity contribution in [3.05, 3.63) is 29.3 Å². The lowest BCUT2D eigenvalue weighted by atomic mass is 10.1. The summed E-state index contributed by atoms with van der Waals surface area (Å²) in [6.07, 6.45) is -2.41. The maximum absolute atomic E-state index is 12.9. The number of carbonyl (C=O) groups excluding carboxylic acids is 1. The fourth-order valence-electron chi connectivity index (χ4n) is 2.54. The third-order valence-corrected chi connectivity index (χ3v) is 3.71. The van der Waals surface area contributed by atoms with Gasteiger partial charge in [-0.15, -0.1) is 0 Å². The number of anilines is 1. The van der Waals surface area contributed by atoms with Gasteiger partial charge >= 0.3 is 6.18 Å². The second-order valence-corrected chi connectivity index (χ2v) is 5.43. The van der Waals surface area contributed by atoms with Crippen molar-refractivity contribution in [1.29, 1.82) is 0 Å². The molecule has 1 aliphatic heterocycles. The minimum absolute atomic E-state index is 0.0679. The Morgan fingerprint density at radius 2 is 1.90 bits per heavy atom. The Hall–Kier alpha value is -1.72. The van der Waals surface area contributed by atoms with E-state index in [9.17, 15) is 18.0 Å². The number of amides is 1. The summed E-state index contributed by atoms with van der Waals surface area (Å²) in [5, 5.41) is 2.87. The zero-order valence-electron chi connectivity index (χ0n) is 12.1. The highest BCUT2D eigenvalue weighted by Crippen LogP contribution is 2.33. The van der Waals surface area contributed by atoms with E-state index < -0.39 is 17.8 Å². The molecule has 1 atom stereocenters. The first kappa shape index (κ1) is 15.7. The molecule has 3 nitrogen and oxygen atoms in total. The van der Waals surface area contributed by atoms with Crippen molar-refractivity contribution >= 4 is 11.6 Å². The van der Waals surface area contributed by atoms with E-state index in [2.05, 4.69) is 5.32 Å². The third-order valence-electron chi connectivity index (χ3n) is 3.71. The van der Waals surface area contributed by atoms with Crippen LogP contribution in [0.4, 0.5) is 18.9 Å². The molecule has 1 saturated heterocycles. The van der Waals surface area contributed by atoms with Gasteiger partial charge in [-0.1, -0.05) is 6.07 Å². The van der Waals surface area contributed by atoms with Crippen LogP contribution >= 0.6 is 0 Å². The van der Waals surface area contributed by atoms with E-state index in [0.717, 1.165) is 32.0 Å². The summed E-state index contributed by atoms with van der Waals surface area (Å²) in [6, 6.07) is 3.51. The molecule has 1 heterocycles. The highest BCUT2D eigenvalue weighted by Gasteiger charge is 2.32. The van der Waals surface area contributed by atoms with Crippen molar-refractivity contribution < 1.29 is 18.0 Å². The normalized spacial score (nSPS) is 16.9. The van der Waals surface area contributed by atoms with Crippen LogP contribution < -0.4 is 5.32 Å². The van der Waals surface area contributed by atoms with E-state index in [0.29, 0.717) is 5.69 Å². The van der Waals surface area contributed by atoms with Crippen LogP contribution in [0.3, 0.4) is 0 Å². The van der Waals surface area contributed by atoms with Crippen LogP contribution in [0.1, 0.15) is 30.9 Å². The lowest BCUT2D eigenvalue weighted by molar-refractivity contribution is -0.138. The number of nitrogens with one attached hydrogen (secondary N) is 1. The number of nitrogens with zero attached hydrogens (tertiary/aromatic N) is 1. The van der Waals surface area contributed by atoms with Gasteiger partial charge in [-0.3, -0.25) is 4.79 Å². The Morgan fingerprint density at radius 1 is 1.29 bits per heavy atom. The van der Waals surface area contributed by atoms with E-state index in [4.69, 9.17) is 0 Å². The maximum atomic E-state index is 12.9. The quantitative estimate of drug-likeness (QED) is 0.927. The first-order chi connectivity index (χ1) is 9.79. The second-order valence-electron chi connectivity index (χ2n) is 5.43. The lowest BCUT2D eigenvalue weighted by Gasteiger charge is -2.22. The largest absolute Gasteiger partial charge is 0.416 e. The molecule has 1 amide bonds. The van der Waals surface area contributed by atoms with Crippen LogP contribution in [0.15, 0.2) is 18.2 Å². The molecule has 1 aromatic carbocycles. The van der Waals surface area contributed by atoms with Gasteiger partial charge in [-0.2, -0.15) is 13.2 Å². The smallest absolute Gasteiger partial charge is 0.374 e. The first-order valence-corrected chi connectivity index (χ1v) is 7.02. The molecule has 0 saturated carbocycles. The highest BCUT2D eigenvalue weighted by atomic mass is 19.4. The summed E-state index contributed by atoms with van der Waals surface area (Å²) in [4.78, 5) is 13.9. The maximum Gasteiger partial charge on any atom is 0.416 e. The molecule has 1 aromatic rings. The van der Waals surface area contributed by atoms with Crippen molar-refractivity contribution in [2.24, 2.45) is 0 Å². The van der Waals surface area contributed by atoms with Gasteiger partial charge in [0.1, 0.15) is 6.04 Å². The van der Waals surface area contributed by atoms with E-state index in [1.807, 2.05) is 0 Å². The van der Waals surface area contributed by atoms with E-state index in [1.165, 1.54) is 13.0 Å². The predicted molar refractivity (Wildman–Crippen MR) is 75.1 cm³/mol. The van der Waals surface area contributed by atoms with Gasteiger partial charge in [0.15, 0.2) is 0 Å². The van der Waals surface area contributed by atoms with Crippen LogP contribution in [-0.4, -0.2) is 29.9 Å². The molecule has 116 valence electrons. The minimum Gasteiger partial charge on any atom is -0.374 e. The van der Waals surface area contributed by atoms with Gasteiger partial charge in [0.2, 0.25) is 5.91 Å². The number of hydrogen-bond acceptors (Lipinski definition) is 2. The third kappa shape index (κ3) is 3.68. The summed E-state index contributed by atoms with van der Waals surface area (Å²) in [7, 11) is 0. The van der Waals surface area contributed by atoms with Crippen molar-refractivity contribution in [2.45, 2.75) is 38.9 Å². The van der Waals surface area contributed by atoms with Crippen LogP contribution in [-0.2, 0) is 11.0 Å². The predicted octanol–water partition coefficient (Wildman–Crippen LogP) is 3.44. The summed E-state index contributed by atoms with van der Waals surface area (Å²) in [6.45, 7) is 4.55. The van der Waals surface area contributed by atoms with Crippen molar-refractivity contribution in [3.8, 4) is 0 Å². The summed E-state index contributed by atoms with van der Waals surface area (Å²) in [5.41, 5.74) is -0.187. The molecule has 21 heavy (non-hydrogen) atoms. The van der Waals surface area contributed by atoms with Crippen LogP contribution in [0, 0.1) is 6.92 Å². The molecule has 1 aliphatic rings. The summed E-state index contributed by atoms with van der Waals surface area (Å²) >= 11 is 0. The summed E-state index contributed by atoms with van der Waals surface area (Å²) < 4.78 is 38.6. The van der Waals surface area contributed by atoms with Gasteiger partial charge in [0.25, 0.3) is 0 Å². The molecule has 1 fully saturated rings. The van der Waals surface area contributed by atoms with Crippen molar-refractivity contribution in [1.82, 2.24) is 4.90 Å².